The second-order valence-corrected chi connectivity index (χ2v) is 5.73. The second-order valence-electron chi connectivity index (χ2n) is 5.73. The molecule has 1 amide bonds. The Labute approximate surface area is 131 Å². The van der Waals surface area contributed by atoms with Gasteiger partial charge in [0, 0.05) is 19.8 Å². The van der Waals surface area contributed by atoms with Crippen LogP contribution in [0, 0.1) is 5.82 Å². The second kappa shape index (κ2) is 9.02. The van der Waals surface area contributed by atoms with Gasteiger partial charge < -0.3 is 19.7 Å². The molecule has 1 rings (SSSR count). The topological polar surface area (TPSA) is 58.6 Å². The predicted molar refractivity (Wildman–Crippen MR) is 85.5 cm³/mol. The number of nitrogens with one attached hydrogen (secondary N) is 1. The van der Waals surface area contributed by atoms with Crippen LogP contribution in [0.25, 0.3) is 0 Å². The Hall–Kier alpha value is -2.11. The van der Waals surface area contributed by atoms with Crippen LogP contribution in [0.5, 0.6) is 0 Å². The molecule has 0 saturated heterocycles. The summed E-state index contributed by atoms with van der Waals surface area (Å²) in [6, 6.07) is 5.89. The molecular weight excluding hydrogens is 287 g/mol. The summed E-state index contributed by atoms with van der Waals surface area (Å²) in [6.45, 7) is 6.98. The van der Waals surface area contributed by atoms with Crippen molar-refractivity contribution in [3.05, 3.63) is 30.1 Å². The number of aldehydes is 1. The summed E-state index contributed by atoms with van der Waals surface area (Å²) >= 11 is 0. The van der Waals surface area contributed by atoms with Gasteiger partial charge in [-0.2, -0.15) is 0 Å². The van der Waals surface area contributed by atoms with Gasteiger partial charge in [0.15, 0.2) is 0 Å². The Morgan fingerprint density at radius 1 is 1.41 bits per heavy atom. The van der Waals surface area contributed by atoms with Gasteiger partial charge in [0.1, 0.15) is 17.7 Å². The van der Waals surface area contributed by atoms with Gasteiger partial charge in [-0.05, 0) is 45.9 Å². The summed E-state index contributed by atoms with van der Waals surface area (Å²) in [4.78, 5) is 22.9. The fourth-order valence-electron chi connectivity index (χ4n) is 1.24. The minimum Gasteiger partial charge on any atom is -0.444 e. The van der Waals surface area contributed by atoms with Crippen LogP contribution in [0.3, 0.4) is 0 Å². The highest BCUT2D eigenvalue weighted by atomic mass is 19.1. The highest BCUT2D eigenvalue weighted by Crippen LogP contribution is 2.10. The smallest absolute Gasteiger partial charge is 0.410 e. The molecule has 1 atom stereocenters. The zero-order valence-electron chi connectivity index (χ0n) is 14.0. The number of hydrogen-bond acceptors (Lipinski definition) is 4. The van der Waals surface area contributed by atoms with E-state index in [-0.39, 0.29) is 5.82 Å². The number of halogens is 1. The van der Waals surface area contributed by atoms with Crippen molar-refractivity contribution in [2.24, 2.45) is 0 Å². The molecule has 0 aromatic heterocycles. The number of amides is 1. The van der Waals surface area contributed by atoms with E-state index in [1.165, 1.54) is 24.1 Å². The maximum Gasteiger partial charge on any atom is 0.410 e. The molecule has 0 heterocycles. The van der Waals surface area contributed by atoms with Crippen molar-refractivity contribution >= 4 is 18.1 Å². The molecule has 0 aliphatic rings. The lowest BCUT2D eigenvalue weighted by Gasteiger charge is -2.26. The van der Waals surface area contributed by atoms with Crippen molar-refractivity contribution in [2.75, 3.05) is 19.4 Å². The summed E-state index contributed by atoms with van der Waals surface area (Å²) < 4.78 is 17.4. The first-order chi connectivity index (χ1) is 10.1. The summed E-state index contributed by atoms with van der Waals surface area (Å²) in [5.74, 6) is -0.207. The quantitative estimate of drug-likeness (QED) is 0.870. The van der Waals surface area contributed by atoms with Crippen LogP contribution in [0.1, 0.15) is 27.7 Å². The molecule has 0 radical (unpaired) electrons. The SMILES string of the molecule is CC(C=O)N(C)C(=O)OC(C)(C)C.CNc1cccc(F)c1. The van der Waals surface area contributed by atoms with Crippen molar-refractivity contribution in [2.45, 2.75) is 39.3 Å². The molecule has 0 fully saturated rings. The molecule has 1 N–H and O–H groups in total. The number of rotatable bonds is 3. The van der Waals surface area contributed by atoms with Crippen LogP contribution in [-0.4, -0.2) is 43.0 Å². The van der Waals surface area contributed by atoms with E-state index < -0.39 is 17.7 Å². The molecule has 0 spiro atoms. The number of benzene rings is 1. The third-order valence-corrected chi connectivity index (χ3v) is 2.60. The van der Waals surface area contributed by atoms with Gasteiger partial charge in [0.05, 0.1) is 6.04 Å². The van der Waals surface area contributed by atoms with Crippen LogP contribution in [-0.2, 0) is 9.53 Å². The van der Waals surface area contributed by atoms with Crippen molar-refractivity contribution in [1.29, 1.82) is 0 Å². The van der Waals surface area contributed by atoms with Crippen LogP contribution in [0.2, 0.25) is 0 Å². The van der Waals surface area contributed by atoms with E-state index in [2.05, 4.69) is 5.32 Å². The minimum absolute atomic E-state index is 0.207. The van der Waals surface area contributed by atoms with Gasteiger partial charge in [-0.15, -0.1) is 0 Å². The molecule has 5 nitrogen and oxygen atoms in total. The molecule has 0 saturated carbocycles. The summed E-state index contributed by atoms with van der Waals surface area (Å²) in [5.41, 5.74) is 0.281. The van der Waals surface area contributed by atoms with Crippen molar-refractivity contribution in [1.82, 2.24) is 4.90 Å². The Morgan fingerprint density at radius 2 is 2.00 bits per heavy atom. The molecule has 0 aliphatic carbocycles. The average molecular weight is 312 g/mol. The van der Waals surface area contributed by atoms with E-state index in [0.29, 0.717) is 6.29 Å². The Morgan fingerprint density at radius 3 is 2.36 bits per heavy atom. The zero-order chi connectivity index (χ0) is 17.3. The van der Waals surface area contributed by atoms with Crippen LogP contribution >= 0.6 is 0 Å². The summed E-state index contributed by atoms with van der Waals surface area (Å²) in [7, 11) is 3.29. The third kappa shape index (κ3) is 8.24. The number of ether oxygens (including phenoxy) is 1. The normalized spacial score (nSPS) is 11.6. The van der Waals surface area contributed by atoms with Gasteiger partial charge in [-0.25, -0.2) is 9.18 Å². The highest BCUT2D eigenvalue weighted by Gasteiger charge is 2.22. The van der Waals surface area contributed by atoms with Gasteiger partial charge in [0.25, 0.3) is 0 Å². The van der Waals surface area contributed by atoms with E-state index in [0.717, 1.165) is 5.69 Å². The maximum absolute atomic E-state index is 12.3. The van der Waals surface area contributed by atoms with Crippen LogP contribution in [0.15, 0.2) is 24.3 Å². The third-order valence-electron chi connectivity index (χ3n) is 2.60. The number of carbonyl (C=O) groups is 2. The molecular formula is C16H25FN2O3. The monoisotopic (exact) mass is 312 g/mol. The van der Waals surface area contributed by atoms with Gasteiger partial charge in [-0.3, -0.25) is 0 Å². The van der Waals surface area contributed by atoms with Crippen molar-refractivity contribution in [3.63, 3.8) is 0 Å². The minimum atomic E-state index is -0.520. The van der Waals surface area contributed by atoms with Gasteiger partial charge >= 0.3 is 6.09 Å². The average Bonchev–Trinajstić information content (AvgIpc) is 2.44. The number of anilines is 1. The number of likely N-dealkylation sites (N-methyl/N-ethyl adjacent to an activating group) is 1. The maximum atomic E-state index is 12.3. The van der Waals surface area contributed by atoms with Crippen molar-refractivity contribution < 1.29 is 18.7 Å². The first kappa shape index (κ1) is 19.9. The Bertz CT molecular complexity index is 487. The van der Waals surface area contributed by atoms with Crippen LogP contribution in [0.4, 0.5) is 14.9 Å². The molecule has 0 bridgehead atoms. The molecule has 0 aliphatic heterocycles. The lowest BCUT2D eigenvalue weighted by atomic mass is 10.2. The number of hydrogen-bond donors (Lipinski definition) is 1. The fourth-order valence-corrected chi connectivity index (χ4v) is 1.24. The van der Waals surface area contributed by atoms with Gasteiger partial charge in [-0.1, -0.05) is 6.07 Å². The van der Waals surface area contributed by atoms with E-state index >= 15 is 0 Å². The lowest BCUT2D eigenvalue weighted by Crippen LogP contribution is -2.40. The summed E-state index contributed by atoms with van der Waals surface area (Å²) in [5, 5.41) is 2.83. The molecule has 1 aromatic carbocycles. The van der Waals surface area contributed by atoms with Crippen LogP contribution < -0.4 is 5.32 Å². The van der Waals surface area contributed by atoms with E-state index in [1.54, 1.807) is 40.8 Å². The zero-order valence-corrected chi connectivity index (χ0v) is 14.0. The molecule has 6 heteroatoms. The Balaban J connectivity index is 0.000000425. The molecule has 1 unspecified atom stereocenters. The fraction of sp³-hybridized carbons (Fsp3) is 0.500. The van der Waals surface area contributed by atoms with Crippen molar-refractivity contribution in [3.8, 4) is 0 Å². The van der Waals surface area contributed by atoms with Gasteiger partial charge in [0.2, 0.25) is 0 Å². The lowest BCUT2D eigenvalue weighted by molar-refractivity contribution is -0.111. The largest absolute Gasteiger partial charge is 0.444 e. The first-order valence-electron chi connectivity index (χ1n) is 6.95. The van der Waals surface area contributed by atoms with E-state index in [4.69, 9.17) is 4.74 Å². The first-order valence-corrected chi connectivity index (χ1v) is 6.95. The molecule has 22 heavy (non-hydrogen) atoms. The predicted octanol–water partition coefficient (Wildman–Crippen LogP) is 3.31. The summed E-state index contributed by atoms with van der Waals surface area (Å²) in [6.07, 6.45) is 0.219. The van der Waals surface area contributed by atoms with E-state index in [9.17, 15) is 14.0 Å². The number of nitrogens with zero attached hydrogens (tertiary/aromatic N) is 1. The Kier molecular flexibility index (Phi) is 8.15. The van der Waals surface area contributed by atoms with E-state index in [1.807, 2.05) is 6.07 Å². The highest BCUT2D eigenvalue weighted by molar-refractivity contribution is 5.73. The molecule has 1 aromatic rings. The number of carbonyl (C=O) groups excluding carboxylic acids is 2. The standard InChI is InChI=1S/C9H17NO3.C7H8FN/c1-7(6-11)10(5)8(12)13-9(2,3)4;1-9-7-4-2-3-6(8)5-7/h6-7H,1-5H3;2-5,9H,1H3. The molecule has 124 valence electrons.